The molecule has 1 aliphatic heterocycles. The number of carbonyl (C=O) groups excluding carboxylic acids is 1. The van der Waals surface area contributed by atoms with Crippen molar-refractivity contribution in [3.8, 4) is 0 Å². The minimum absolute atomic E-state index is 0.210. The minimum atomic E-state index is -4.69. The van der Waals surface area contributed by atoms with E-state index in [-0.39, 0.29) is 25.1 Å². The van der Waals surface area contributed by atoms with Gasteiger partial charge in [-0.05, 0) is 24.1 Å². The van der Waals surface area contributed by atoms with E-state index in [9.17, 15) is 27.5 Å². The molecule has 0 radical (unpaired) electrons. The molecule has 1 fully saturated rings. The van der Waals surface area contributed by atoms with Crippen LogP contribution in [0.25, 0.3) is 0 Å². The van der Waals surface area contributed by atoms with Crippen LogP contribution >= 0.6 is 0 Å². The number of hydrogen-bond acceptors (Lipinski definition) is 3. The lowest BCUT2D eigenvalue weighted by Gasteiger charge is -2.15. The molecule has 4 nitrogen and oxygen atoms in total. The average molecular weight is 306 g/mol. The van der Waals surface area contributed by atoms with Gasteiger partial charge in [0.05, 0.1) is 17.7 Å². The van der Waals surface area contributed by atoms with Crippen molar-refractivity contribution in [2.24, 2.45) is 0 Å². The second-order valence-corrected chi connectivity index (χ2v) is 4.87. The molecule has 1 aromatic carbocycles. The van der Waals surface area contributed by atoms with Gasteiger partial charge in [0.1, 0.15) is 5.82 Å². The van der Waals surface area contributed by atoms with Gasteiger partial charge in [0.2, 0.25) is 5.91 Å². The number of nitrogens with one attached hydrogen (secondary N) is 2. The molecule has 1 heterocycles. The van der Waals surface area contributed by atoms with Crippen molar-refractivity contribution in [1.29, 1.82) is 0 Å². The molecular weight excluding hydrogens is 292 g/mol. The topological polar surface area (TPSA) is 61.4 Å². The molecule has 8 heteroatoms. The minimum Gasteiger partial charge on any atom is -0.392 e. The summed E-state index contributed by atoms with van der Waals surface area (Å²) in [5, 5.41) is 14.4. The Balaban J connectivity index is 2.05. The third-order valence-electron chi connectivity index (χ3n) is 3.25. The molecule has 0 saturated carbocycles. The average Bonchev–Trinajstić information content (AvgIpc) is 2.82. The van der Waals surface area contributed by atoms with E-state index >= 15 is 0 Å². The number of hydrogen-bond donors (Lipinski definition) is 3. The van der Waals surface area contributed by atoms with Crippen LogP contribution in [0.15, 0.2) is 18.2 Å². The van der Waals surface area contributed by atoms with Crippen molar-refractivity contribution in [3.05, 3.63) is 35.1 Å². The summed E-state index contributed by atoms with van der Waals surface area (Å²) >= 11 is 0. The monoisotopic (exact) mass is 306 g/mol. The molecule has 0 bridgehead atoms. The summed E-state index contributed by atoms with van der Waals surface area (Å²) in [4.78, 5) is 11.8. The molecule has 0 spiro atoms. The molecule has 0 aliphatic carbocycles. The number of aliphatic hydroxyl groups is 1. The molecule has 1 aliphatic rings. The Bertz CT molecular complexity index is 533. The summed E-state index contributed by atoms with van der Waals surface area (Å²) in [5.41, 5.74) is -1.32. The SMILES string of the molecule is O=C(NCc1ccc(F)cc1C(F)(F)F)C1CC(O)CN1. The Labute approximate surface area is 118 Å². The zero-order chi connectivity index (χ0) is 15.6. The van der Waals surface area contributed by atoms with Crippen molar-refractivity contribution < 1.29 is 27.5 Å². The van der Waals surface area contributed by atoms with Crippen LogP contribution in [0.5, 0.6) is 0 Å². The zero-order valence-electron chi connectivity index (χ0n) is 10.9. The second kappa shape index (κ2) is 5.98. The molecule has 0 aromatic heterocycles. The maximum Gasteiger partial charge on any atom is 0.416 e. The third kappa shape index (κ3) is 3.92. The van der Waals surface area contributed by atoms with Crippen LogP contribution in [-0.2, 0) is 17.5 Å². The number of halogens is 4. The van der Waals surface area contributed by atoms with Gasteiger partial charge in [-0.15, -0.1) is 0 Å². The molecule has 3 N–H and O–H groups in total. The smallest absolute Gasteiger partial charge is 0.392 e. The predicted molar refractivity (Wildman–Crippen MR) is 65.7 cm³/mol. The second-order valence-electron chi connectivity index (χ2n) is 4.87. The number of aliphatic hydroxyl groups excluding tert-OH is 1. The lowest BCUT2D eigenvalue weighted by molar-refractivity contribution is -0.138. The number of benzene rings is 1. The number of amides is 1. The van der Waals surface area contributed by atoms with Crippen LogP contribution in [0.2, 0.25) is 0 Å². The van der Waals surface area contributed by atoms with Gasteiger partial charge in [-0.1, -0.05) is 6.07 Å². The Morgan fingerprint density at radius 1 is 1.43 bits per heavy atom. The molecule has 2 atom stereocenters. The first kappa shape index (κ1) is 15.7. The fraction of sp³-hybridized carbons (Fsp3) is 0.462. The number of rotatable bonds is 3. The van der Waals surface area contributed by atoms with Gasteiger partial charge in [-0.3, -0.25) is 4.79 Å². The summed E-state index contributed by atoms with van der Waals surface area (Å²) in [5.74, 6) is -1.48. The van der Waals surface area contributed by atoms with Gasteiger partial charge < -0.3 is 15.7 Å². The highest BCUT2D eigenvalue weighted by Crippen LogP contribution is 2.32. The normalized spacial score (nSPS) is 22.3. The van der Waals surface area contributed by atoms with Crippen molar-refractivity contribution in [2.75, 3.05) is 6.54 Å². The first-order chi connectivity index (χ1) is 9.77. The maximum absolute atomic E-state index is 12.9. The first-order valence-electron chi connectivity index (χ1n) is 6.32. The van der Waals surface area contributed by atoms with E-state index in [1.54, 1.807) is 0 Å². The van der Waals surface area contributed by atoms with Crippen LogP contribution in [0, 0.1) is 5.82 Å². The molecule has 116 valence electrons. The van der Waals surface area contributed by atoms with Gasteiger partial charge in [-0.25, -0.2) is 4.39 Å². The lowest BCUT2D eigenvalue weighted by atomic mass is 10.1. The van der Waals surface area contributed by atoms with E-state index < -0.39 is 35.6 Å². The Morgan fingerprint density at radius 3 is 2.71 bits per heavy atom. The van der Waals surface area contributed by atoms with Gasteiger partial charge in [0, 0.05) is 13.1 Å². The van der Waals surface area contributed by atoms with Crippen LogP contribution in [0.1, 0.15) is 17.5 Å². The quantitative estimate of drug-likeness (QED) is 0.735. The summed E-state index contributed by atoms with van der Waals surface area (Å²) in [7, 11) is 0. The molecular formula is C13H14F4N2O2. The predicted octanol–water partition coefficient (Wildman–Crippen LogP) is 1.18. The standard InChI is InChI=1S/C13H14F4N2O2/c14-8-2-1-7(10(3-8)13(15,16)17)5-19-12(21)11-4-9(20)6-18-11/h1-3,9,11,18,20H,4-6H2,(H,19,21). The van der Waals surface area contributed by atoms with E-state index in [4.69, 9.17) is 0 Å². The van der Waals surface area contributed by atoms with Crippen LogP contribution in [-0.4, -0.2) is 29.7 Å². The van der Waals surface area contributed by atoms with Crippen molar-refractivity contribution in [3.63, 3.8) is 0 Å². The Hall–Kier alpha value is -1.67. The molecule has 2 unspecified atom stereocenters. The highest BCUT2D eigenvalue weighted by atomic mass is 19.4. The largest absolute Gasteiger partial charge is 0.416 e. The van der Waals surface area contributed by atoms with E-state index in [2.05, 4.69) is 10.6 Å². The number of carbonyl (C=O) groups is 1. The highest BCUT2D eigenvalue weighted by molar-refractivity contribution is 5.82. The highest BCUT2D eigenvalue weighted by Gasteiger charge is 2.34. The fourth-order valence-electron chi connectivity index (χ4n) is 2.19. The van der Waals surface area contributed by atoms with Crippen molar-refractivity contribution in [2.45, 2.75) is 31.3 Å². The van der Waals surface area contributed by atoms with Gasteiger partial charge >= 0.3 is 6.18 Å². The maximum atomic E-state index is 12.9. The van der Waals surface area contributed by atoms with Crippen molar-refractivity contribution >= 4 is 5.91 Å². The number of β-amino-alcohol motifs (C(OH)–C–C–N with tert-alkyl or cyclic N) is 1. The van der Waals surface area contributed by atoms with E-state index in [1.165, 1.54) is 0 Å². The zero-order valence-corrected chi connectivity index (χ0v) is 10.9. The van der Waals surface area contributed by atoms with E-state index in [0.717, 1.165) is 12.1 Å². The summed E-state index contributed by atoms with van der Waals surface area (Å²) in [6.07, 6.45) is -5.12. The van der Waals surface area contributed by atoms with Crippen molar-refractivity contribution in [1.82, 2.24) is 10.6 Å². The van der Waals surface area contributed by atoms with Gasteiger partial charge in [0.15, 0.2) is 0 Å². The summed E-state index contributed by atoms with van der Waals surface area (Å²) in [6.45, 7) is -0.0926. The van der Waals surface area contributed by atoms with E-state index in [0.29, 0.717) is 6.07 Å². The first-order valence-corrected chi connectivity index (χ1v) is 6.32. The molecule has 1 amide bonds. The molecule has 21 heavy (non-hydrogen) atoms. The van der Waals surface area contributed by atoms with Crippen LogP contribution in [0.4, 0.5) is 17.6 Å². The van der Waals surface area contributed by atoms with Crippen LogP contribution < -0.4 is 10.6 Å². The van der Waals surface area contributed by atoms with Crippen LogP contribution in [0.3, 0.4) is 0 Å². The van der Waals surface area contributed by atoms with Gasteiger partial charge in [0.25, 0.3) is 0 Å². The lowest BCUT2D eigenvalue weighted by Crippen LogP contribution is -2.40. The summed E-state index contributed by atoms with van der Waals surface area (Å²) in [6, 6.07) is 1.68. The van der Waals surface area contributed by atoms with Gasteiger partial charge in [-0.2, -0.15) is 13.2 Å². The molecule has 1 aromatic rings. The summed E-state index contributed by atoms with van der Waals surface area (Å²) < 4.78 is 51.3. The third-order valence-corrected chi connectivity index (χ3v) is 3.25. The van der Waals surface area contributed by atoms with E-state index in [1.807, 2.05) is 0 Å². The molecule has 1 saturated heterocycles. The molecule has 2 rings (SSSR count). The number of alkyl halides is 3. The fourth-order valence-corrected chi connectivity index (χ4v) is 2.19. The Morgan fingerprint density at radius 2 is 2.14 bits per heavy atom. The Kier molecular flexibility index (Phi) is 4.48.